The van der Waals surface area contributed by atoms with Crippen LogP contribution >= 0.6 is 15.9 Å². The van der Waals surface area contributed by atoms with Crippen LogP contribution < -0.4 is 10.6 Å². The molecule has 1 aromatic heterocycles. The summed E-state index contributed by atoms with van der Waals surface area (Å²) < 4.78 is 14.2. The van der Waals surface area contributed by atoms with Crippen LogP contribution in [0.3, 0.4) is 0 Å². The predicted molar refractivity (Wildman–Crippen MR) is 63.4 cm³/mol. The van der Waals surface area contributed by atoms with Crippen LogP contribution in [-0.2, 0) is 0 Å². The second-order valence-corrected chi connectivity index (χ2v) is 4.45. The molecule has 1 heterocycles. The molecule has 0 unspecified atom stereocenters. The Labute approximate surface area is 97.6 Å². The van der Waals surface area contributed by atoms with Gasteiger partial charge in [0.05, 0.1) is 0 Å². The Morgan fingerprint density at radius 3 is 2.73 bits per heavy atom. The highest BCUT2D eigenvalue weighted by molar-refractivity contribution is 9.10. The fourth-order valence-electron chi connectivity index (χ4n) is 1.37. The SMILES string of the molecule is CC(C)N(CCN)c1ncc(Br)cc1F. The molecule has 0 aromatic carbocycles. The molecule has 0 spiro atoms. The smallest absolute Gasteiger partial charge is 0.166 e. The van der Waals surface area contributed by atoms with Crippen molar-refractivity contribution < 1.29 is 4.39 Å². The third-order valence-electron chi connectivity index (χ3n) is 2.05. The molecule has 1 aromatic rings. The maximum atomic E-state index is 13.6. The van der Waals surface area contributed by atoms with E-state index in [0.29, 0.717) is 23.4 Å². The van der Waals surface area contributed by atoms with Gasteiger partial charge in [-0.3, -0.25) is 0 Å². The summed E-state index contributed by atoms with van der Waals surface area (Å²) in [5.74, 6) is 0.0326. The van der Waals surface area contributed by atoms with E-state index in [9.17, 15) is 4.39 Å². The molecule has 15 heavy (non-hydrogen) atoms. The molecule has 2 N–H and O–H groups in total. The molecule has 0 aliphatic carbocycles. The molecule has 0 aliphatic rings. The molecule has 0 amide bonds. The average molecular weight is 276 g/mol. The Kier molecular flexibility index (Phi) is 4.47. The third-order valence-corrected chi connectivity index (χ3v) is 2.49. The number of hydrogen-bond acceptors (Lipinski definition) is 3. The molecule has 0 fully saturated rings. The molecule has 0 saturated carbocycles. The lowest BCUT2D eigenvalue weighted by Gasteiger charge is -2.27. The van der Waals surface area contributed by atoms with E-state index in [4.69, 9.17) is 5.73 Å². The van der Waals surface area contributed by atoms with E-state index in [1.165, 1.54) is 6.07 Å². The Balaban J connectivity index is 3.00. The van der Waals surface area contributed by atoms with Crippen molar-refractivity contribution in [1.29, 1.82) is 0 Å². The quantitative estimate of drug-likeness (QED) is 0.916. The van der Waals surface area contributed by atoms with Gasteiger partial charge >= 0.3 is 0 Å². The molecule has 0 radical (unpaired) electrons. The zero-order valence-corrected chi connectivity index (χ0v) is 10.5. The lowest BCUT2D eigenvalue weighted by molar-refractivity contribution is 0.589. The van der Waals surface area contributed by atoms with E-state index < -0.39 is 0 Å². The van der Waals surface area contributed by atoms with Gasteiger partial charge in [-0.25, -0.2) is 9.37 Å². The first kappa shape index (κ1) is 12.4. The molecule has 3 nitrogen and oxygen atoms in total. The van der Waals surface area contributed by atoms with Crippen molar-refractivity contribution >= 4 is 21.7 Å². The van der Waals surface area contributed by atoms with Crippen molar-refractivity contribution in [2.24, 2.45) is 5.73 Å². The van der Waals surface area contributed by atoms with E-state index in [2.05, 4.69) is 20.9 Å². The van der Waals surface area contributed by atoms with Gasteiger partial charge in [0.25, 0.3) is 0 Å². The summed E-state index contributed by atoms with van der Waals surface area (Å²) in [6.45, 7) is 5.05. The normalized spacial score (nSPS) is 10.8. The third kappa shape index (κ3) is 3.14. The highest BCUT2D eigenvalue weighted by Gasteiger charge is 2.15. The van der Waals surface area contributed by atoms with E-state index in [1.807, 2.05) is 18.7 Å². The molecular formula is C10H15BrFN3. The maximum Gasteiger partial charge on any atom is 0.166 e. The Morgan fingerprint density at radius 2 is 2.27 bits per heavy atom. The van der Waals surface area contributed by atoms with Crippen LogP contribution in [0, 0.1) is 5.82 Å². The molecule has 0 saturated heterocycles. The monoisotopic (exact) mass is 275 g/mol. The van der Waals surface area contributed by atoms with Crippen molar-refractivity contribution in [3.63, 3.8) is 0 Å². The predicted octanol–water partition coefficient (Wildman–Crippen LogP) is 2.16. The first-order chi connectivity index (χ1) is 7.06. The number of aromatic nitrogens is 1. The summed E-state index contributed by atoms with van der Waals surface area (Å²) in [6, 6.07) is 1.59. The highest BCUT2D eigenvalue weighted by Crippen LogP contribution is 2.21. The van der Waals surface area contributed by atoms with Gasteiger partial charge in [-0.05, 0) is 35.8 Å². The van der Waals surface area contributed by atoms with Gasteiger partial charge < -0.3 is 10.6 Å². The van der Waals surface area contributed by atoms with Crippen LogP contribution in [-0.4, -0.2) is 24.1 Å². The first-order valence-electron chi connectivity index (χ1n) is 4.84. The van der Waals surface area contributed by atoms with E-state index in [1.54, 1.807) is 6.20 Å². The minimum Gasteiger partial charge on any atom is -0.350 e. The van der Waals surface area contributed by atoms with Gasteiger partial charge in [0.1, 0.15) is 0 Å². The number of nitrogens with two attached hydrogens (primary N) is 1. The molecule has 84 valence electrons. The maximum absolute atomic E-state index is 13.6. The van der Waals surface area contributed by atoms with Crippen molar-refractivity contribution in [3.05, 3.63) is 22.6 Å². The zero-order chi connectivity index (χ0) is 11.4. The zero-order valence-electron chi connectivity index (χ0n) is 8.87. The molecule has 0 atom stereocenters. The van der Waals surface area contributed by atoms with E-state index in [-0.39, 0.29) is 11.9 Å². The molecule has 1 rings (SSSR count). The number of anilines is 1. The Bertz CT molecular complexity index is 330. The second-order valence-electron chi connectivity index (χ2n) is 3.53. The summed E-state index contributed by atoms with van der Waals surface area (Å²) in [5, 5.41) is 0. The van der Waals surface area contributed by atoms with Crippen molar-refractivity contribution in [2.45, 2.75) is 19.9 Å². The van der Waals surface area contributed by atoms with Crippen molar-refractivity contribution in [2.75, 3.05) is 18.0 Å². The average Bonchev–Trinajstić information content (AvgIpc) is 2.15. The van der Waals surface area contributed by atoms with Crippen LogP contribution in [0.25, 0.3) is 0 Å². The minimum atomic E-state index is -0.327. The molecule has 0 bridgehead atoms. The summed E-state index contributed by atoms with van der Waals surface area (Å²) >= 11 is 3.18. The number of pyridine rings is 1. The van der Waals surface area contributed by atoms with E-state index >= 15 is 0 Å². The van der Waals surface area contributed by atoms with Gasteiger partial charge in [0, 0.05) is 29.8 Å². The number of hydrogen-bond donors (Lipinski definition) is 1. The lowest BCUT2D eigenvalue weighted by atomic mass is 10.3. The van der Waals surface area contributed by atoms with Gasteiger partial charge in [0.15, 0.2) is 11.6 Å². The van der Waals surface area contributed by atoms with Gasteiger partial charge in [0.2, 0.25) is 0 Å². The second kappa shape index (κ2) is 5.42. The molecule has 5 heteroatoms. The van der Waals surface area contributed by atoms with Crippen LogP contribution in [0.1, 0.15) is 13.8 Å². The number of rotatable bonds is 4. The summed E-state index contributed by atoms with van der Waals surface area (Å²) in [5.41, 5.74) is 5.48. The summed E-state index contributed by atoms with van der Waals surface area (Å²) in [7, 11) is 0. The van der Waals surface area contributed by atoms with Gasteiger partial charge in [-0.1, -0.05) is 0 Å². The minimum absolute atomic E-state index is 0.178. The summed E-state index contributed by atoms with van der Waals surface area (Å²) in [4.78, 5) is 5.92. The van der Waals surface area contributed by atoms with Crippen LogP contribution in [0.2, 0.25) is 0 Å². The fourth-order valence-corrected chi connectivity index (χ4v) is 1.67. The largest absolute Gasteiger partial charge is 0.350 e. The summed E-state index contributed by atoms with van der Waals surface area (Å²) in [6.07, 6.45) is 1.59. The van der Waals surface area contributed by atoms with Crippen LogP contribution in [0.5, 0.6) is 0 Å². The number of halogens is 2. The standard InChI is InChI=1S/C10H15BrFN3/c1-7(2)15(4-3-13)10-9(12)5-8(11)6-14-10/h5-7H,3-4,13H2,1-2H3. The van der Waals surface area contributed by atoms with Gasteiger partial charge in [-0.2, -0.15) is 0 Å². The van der Waals surface area contributed by atoms with Crippen molar-refractivity contribution in [3.8, 4) is 0 Å². The van der Waals surface area contributed by atoms with Crippen LogP contribution in [0.4, 0.5) is 10.2 Å². The van der Waals surface area contributed by atoms with Crippen LogP contribution in [0.15, 0.2) is 16.7 Å². The molecular weight excluding hydrogens is 261 g/mol. The van der Waals surface area contributed by atoms with E-state index in [0.717, 1.165) is 0 Å². The topological polar surface area (TPSA) is 42.1 Å². The highest BCUT2D eigenvalue weighted by atomic mass is 79.9. The fraction of sp³-hybridized carbons (Fsp3) is 0.500. The van der Waals surface area contributed by atoms with Gasteiger partial charge in [-0.15, -0.1) is 0 Å². The van der Waals surface area contributed by atoms with Crippen molar-refractivity contribution in [1.82, 2.24) is 4.98 Å². The number of nitrogens with zero attached hydrogens (tertiary/aromatic N) is 2. The Hall–Kier alpha value is -0.680. The first-order valence-corrected chi connectivity index (χ1v) is 5.63. The lowest BCUT2D eigenvalue weighted by Crippen LogP contribution is -2.36. The Morgan fingerprint density at radius 1 is 1.60 bits per heavy atom. The molecule has 0 aliphatic heterocycles.